The molecule has 9 aromatic carbocycles. The Morgan fingerprint density at radius 3 is 0.985 bits per heavy atom. The van der Waals surface area contributed by atoms with Gasteiger partial charge in [-0.2, -0.15) is 5.26 Å². The third-order valence-corrected chi connectivity index (χ3v) is 13.7. The predicted octanol–water partition coefficient (Wildman–Crippen LogP) is 15.0. The predicted molar refractivity (Wildman–Crippen MR) is 272 cm³/mol. The van der Waals surface area contributed by atoms with Crippen LogP contribution in [0, 0.1) is 11.3 Å². The van der Waals surface area contributed by atoms with Gasteiger partial charge in [-0.3, -0.25) is 4.98 Å². The summed E-state index contributed by atoms with van der Waals surface area (Å²) in [5.74, 6) is 0. The van der Waals surface area contributed by atoms with Gasteiger partial charge in [-0.25, -0.2) is 0 Å². The topological polar surface area (TPSA) is 56.4 Å². The fraction of sp³-hybridized carbons (Fsp3) is 0. The number of aromatic nitrogens is 5. The van der Waals surface area contributed by atoms with Crippen LogP contribution in [0.3, 0.4) is 0 Å². The molecule has 0 aliphatic carbocycles. The van der Waals surface area contributed by atoms with Crippen LogP contribution in [0.2, 0.25) is 0 Å². The van der Waals surface area contributed by atoms with E-state index in [0.717, 1.165) is 99.6 Å². The zero-order valence-electron chi connectivity index (χ0n) is 35.5. The molecule has 0 aliphatic rings. The Hall–Kier alpha value is -9.18. The average Bonchev–Trinajstić information content (AvgIpc) is 4.11. The van der Waals surface area contributed by atoms with Crippen molar-refractivity contribution in [1.29, 1.82) is 5.26 Å². The van der Waals surface area contributed by atoms with Gasteiger partial charge in [0.2, 0.25) is 0 Å². The summed E-state index contributed by atoms with van der Waals surface area (Å²) in [6.45, 7) is 0. The van der Waals surface area contributed by atoms with Crippen molar-refractivity contribution in [2.75, 3.05) is 0 Å². The molecular weight excluding hydrogens is 805 g/mol. The van der Waals surface area contributed by atoms with Crippen molar-refractivity contribution < 1.29 is 0 Å². The van der Waals surface area contributed by atoms with Crippen LogP contribution in [0.15, 0.2) is 219 Å². The Labute approximate surface area is 378 Å². The SMILES string of the molecule is N#Cc1cc(-n2c3ccccc3c3ccc(-n4c5ccccc5c5ccccc54)cc32)c(-c2ccncc2)c(-n2c3ccccc3c3ccc(-n4c5ccccc5c5ccccc54)cc32)c1. The second-order valence-electron chi connectivity index (χ2n) is 17.1. The average molecular weight is 841 g/mol. The number of pyridine rings is 1. The molecule has 14 aromatic rings. The summed E-state index contributed by atoms with van der Waals surface area (Å²) >= 11 is 0. The Morgan fingerprint density at radius 1 is 0.318 bits per heavy atom. The first-order chi connectivity index (χ1) is 32.7. The van der Waals surface area contributed by atoms with Gasteiger partial charge in [-0.15, -0.1) is 0 Å². The number of nitriles is 1. The van der Waals surface area contributed by atoms with Crippen molar-refractivity contribution in [3.05, 3.63) is 224 Å². The highest BCUT2D eigenvalue weighted by Gasteiger charge is 2.25. The Kier molecular flexibility index (Phi) is 7.65. The van der Waals surface area contributed by atoms with E-state index in [0.29, 0.717) is 5.56 Å². The molecule has 0 amide bonds. The highest BCUT2D eigenvalue weighted by Crippen LogP contribution is 2.44. The number of benzene rings is 9. The molecule has 0 spiro atoms. The third kappa shape index (κ3) is 5.08. The molecule has 306 valence electrons. The van der Waals surface area contributed by atoms with Crippen LogP contribution in [0.25, 0.3) is 121 Å². The van der Waals surface area contributed by atoms with Crippen LogP contribution >= 0.6 is 0 Å². The van der Waals surface area contributed by atoms with Crippen LogP contribution in [-0.2, 0) is 0 Å². The van der Waals surface area contributed by atoms with Gasteiger partial charge in [0.05, 0.1) is 67.1 Å². The van der Waals surface area contributed by atoms with Crippen molar-refractivity contribution >= 4 is 87.2 Å². The largest absolute Gasteiger partial charge is 0.309 e. The van der Waals surface area contributed by atoms with E-state index >= 15 is 0 Å². The van der Waals surface area contributed by atoms with Gasteiger partial charge in [0.25, 0.3) is 0 Å². The fourth-order valence-electron chi connectivity index (χ4n) is 11.0. The second-order valence-corrected chi connectivity index (χ2v) is 17.1. The molecule has 5 aromatic heterocycles. The molecule has 0 atom stereocenters. The van der Waals surface area contributed by atoms with Crippen LogP contribution in [0.1, 0.15) is 5.56 Å². The fourth-order valence-corrected chi connectivity index (χ4v) is 11.0. The normalized spacial score (nSPS) is 11.9. The lowest BCUT2D eigenvalue weighted by molar-refractivity contribution is 1.12. The lowest BCUT2D eigenvalue weighted by Crippen LogP contribution is -2.05. The summed E-state index contributed by atoms with van der Waals surface area (Å²) in [6, 6.07) is 76.4. The zero-order valence-corrected chi connectivity index (χ0v) is 35.5. The first kappa shape index (κ1) is 36.3. The molecule has 0 radical (unpaired) electrons. The standard InChI is InChI=1S/C60H36N6/c61-37-38-33-58(65-54-23-11-5-17-46(54)48-27-25-40(35-56(48)65)63-50-19-7-1-13-42(50)43-14-2-8-20-51(43)63)60(39-29-31-62-32-30-39)59(34-38)66-55-24-12-6-18-47(55)49-28-26-41(36-57(49)66)64-52-21-9-3-15-44(52)45-16-4-10-22-53(45)64/h1-36H. The van der Waals surface area contributed by atoms with Gasteiger partial charge in [0.15, 0.2) is 0 Å². The summed E-state index contributed by atoms with van der Waals surface area (Å²) in [4.78, 5) is 4.50. The Morgan fingerprint density at radius 2 is 0.636 bits per heavy atom. The number of hydrogen-bond acceptors (Lipinski definition) is 2. The minimum Gasteiger partial charge on any atom is -0.309 e. The number of hydrogen-bond donors (Lipinski definition) is 0. The number of para-hydroxylation sites is 6. The van der Waals surface area contributed by atoms with E-state index in [1.807, 2.05) is 12.4 Å². The summed E-state index contributed by atoms with van der Waals surface area (Å²) in [7, 11) is 0. The number of nitrogens with zero attached hydrogens (tertiary/aromatic N) is 6. The summed E-state index contributed by atoms with van der Waals surface area (Å²) < 4.78 is 9.50. The maximum atomic E-state index is 11.1. The van der Waals surface area contributed by atoms with Gasteiger partial charge >= 0.3 is 0 Å². The van der Waals surface area contributed by atoms with E-state index in [9.17, 15) is 5.26 Å². The van der Waals surface area contributed by atoms with E-state index in [2.05, 4.69) is 236 Å². The summed E-state index contributed by atoms with van der Waals surface area (Å²) in [6.07, 6.45) is 3.72. The molecule has 0 fully saturated rings. The lowest BCUT2D eigenvalue weighted by atomic mass is 9.99. The molecule has 66 heavy (non-hydrogen) atoms. The molecule has 0 N–H and O–H groups in total. The van der Waals surface area contributed by atoms with Gasteiger partial charge in [-0.1, -0.05) is 121 Å². The van der Waals surface area contributed by atoms with Gasteiger partial charge < -0.3 is 18.3 Å². The second kappa shape index (κ2) is 13.9. The monoisotopic (exact) mass is 840 g/mol. The highest BCUT2D eigenvalue weighted by molar-refractivity contribution is 6.15. The maximum absolute atomic E-state index is 11.1. The first-order valence-corrected chi connectivity index (χ1v) is 22.3. The van der Waals surface area contributed by atoms with Gasteiger partial charge in [0.1, 0.15) is 0 Å². The molecule has 6 nitrogen and oxygen atoms in total. The molecule has 0 saturated carbocycles. The van der Waals surface area contributed by atoms with Crippen molar-refractivity contribution in [2.24, 2.45) is 0 Å². The molecule has 6 heteroatoms. The van der Waals surface area contributed by atoms with Crippen LogP contribution < -0.4 is 0 Å². The zero-order chi connectivity index (χ0) is 43.5. The Balaban J connectivity index is 1.11. The van der Waals surface area contributed by atoms with E-state index in [4.69, 9.17) is 0 Å². The van der Waals surface area contributed by atoms with E-state index < -0.39 is 0 Å². The molecule has 0 aliphatic heterocycles. The van der Waals surface area contributed by atoms with E-state index in [1.165, 1.54) is 21.5 Å². The van der Waals surface area contributed by atoms with E-state index in [-0.39, 0.29) is 0 Å². The van der Waals surface area contributed by atoms with E-state index in [1.54, 1.807) is 0 Å². The minimum atomic E-state index is 0.562. The Bertz CT molecular complexity index is 4000. The molecule has 0 unspecified atom stereocenters. The van der Waals surface area contributed by atoms with Crippen LogP contribution in [0.5, 0.6) is 0 Å². The molecule has 14 rings (SSSR count). The van der Waals surface area contributed by atoms with Gasteiger partial charge in [-0.05, 0) is 90.5 Å². The molecule has 5 heterocycles. The van der Waals surface area contributed by atoms with Crippen molar-refractivity contribution in [1.82, 2.24) is 23.3 Å². The summed E-state index contributed by atoms with van der Waals surface area (Å²) in [5, 5.41) is 20.5. The molecule has 0 saturated heterocycles. The number of fused-ring (bicyclic) bond motifs is 12. The first-order valence-electron chi connectivity index (χ1n) is 22.3. The minimum absolute atomic E-state index is 0.562. The van der Waals surface area contributed by atoms with Crippen LogP contribution in [-0.4, -0.2) is 23.3 Å². The van der Waals surface area contributed by atoms with Gasteiger partial charge in [0, 0.05) is 72.4 Å². The van der Waals surface area contributed by atoms with Crippen molar-refractivity contribution in [2.45, 2.75) is 0 Å². The quantitative estimate of drug-likeness (QED) is 0.173. The van der Waals surface area contributed by atoms with Crippen molar-refractivity contribution in [3.8, 4) is 39.9 Å². The smallest absolute Gasteiger partial charge is 0.0993 e. The molecular formula is C60H36N6. The summed E-state index contributed by atoms with van der Waals surface area (Å²) in [5.41, 5.74) is 15.3. The van der Waals surface area contributed by atoms with Crippen molar-refractivity contribution in [3.63, 3.8) is 0 Å². The maximum Gasteiger partial charge on any atom is 0.0993 e. The molecule has 0 bridgehead atoms. The van der Waals surface area contributed by atoms with Crippen LogP contribution in [0.4, 0.5) is 0 Å². The highest BCUT2D eigenvalue weighted by atomic mass is 15.0. The lowest BCUT2D eigenvalue weighted by Gasteiger charge is -2.21. The number of rotatable bonds is 5. The third-order valence-electron chi connectivity index (χ3n) is 13.7.